The first-order valence-corrected chi connectivity index (χ1v) is 6.97. The van der Waals surface area contributed by atoms with Crippen molar-refractivity contribution in [2.24, 2.45) is 5.41 Å². The van der Waals surface area contributed by atoms with Gasteiger partial charge in [-0.25, -0.2) is 0 Å². The van der Waals surface area contributed by atoms with Gasteiger partial charge in [-0.3, -0.25) is 4.79 Å². The number of aliphatic carboxylic acids is 1. The minimum atomic E-state index is -0.677. The number of piperidine rings is 1. The molecule has 1 aliphatic heterocycles. The highest BCUT2D eigenvalue weighted by Gasteiger charge is 2.40. The predicted octanol–water partition coefficient (Wildman–Crippen LogP) is 2.51. The topological polar surface area (TPSA) is 49.3 Å². The van der Waals surface area contributed by atoms with E-state index in [4.69, 9.17) is 0 Å². The van der Waals surface area contributed by atoms with E-state index in [0.717, 1.165) is 28.7 Å². The van der Waals surface area contributed by atoms with Gasteiger partial charge in [-0.05, 0) is 47.8 Å². The van der Waals surface area contributed by atoms with E-state index in [0.29, 0.717) is 13.0 Å². The lowest BCUT2D eigenvalue weighted by molar-refractivity contribution is -0.150. The molecule has 2 heterocycles. The number of thiophene rings is 1. The van der Waals surface area contributed by atoms with Crippen LogP contribution in [-0.4, -0.2) is 24.2 Å². The molecule has 88 valence electrons. The van der Waals surface area contributed by atoms with Gasteiger partial charge in [-0.2, -0.15) is 0 Å². The Hall–Kier alpha value is -0.390. The third kappa shape index (κ3) is 2.47. The zero-order chi connectivity index (χ0) is 11.6. The van der Waals surface area contributed by atoms with Gasteiger partial charge >= 0.3 is 5.97 Å². The van der Waals surface area contributed by atoms with Crippen molar-refractivity contribution in [2.75, 3.05) is 13.1 Å². The number of halogens is 1. The molecule has 2 rings (SSSR count). The van der Waals surface area contributed by atoms with Gasteiger partial charge in [0.15, 0.2) is 0 Å². The van der Waals surface area contributed by atoms with Gasteiger partial charge in [0.05, 0.1) is 5.41 Å². The van der Waals surface area contributed by atoms with Gasteiger partial charge < -0.3 is 10.4 Å². The van der Waals surface area contributed by atoms with Crippen LogP contribution >= 0.6 is 27.3 Å². The molecule has 1 unspecified atom stereocenters. The van der Waals surface area contributed by atoms with Crippen LogP contribution in [-0.2, 0) is 11.2 Å². The number of carbonyl (C=O) groups is 1. The van der Waals surface area contributed by atoms with Crippen molar-refractivity contribution in [3.8, 4) is 0 Å². The Bertz CT molecular complexity index is 385. The molecule has 0 bridgehead atoms. The molecule has 1 fully saturated rings. The highest BCUT2D eigenvalue weighted by atomic mass is 79.9. The fourth-order valence-electron chi connectivity index (χ4n) is 2.16. The van der Waals surface area contributed by atoms with E-state index in [2.05, 4.69) is 21.2 Å². The number of rotatable bonds is 3. The van der Waals surface area contributed by atoms with Crippen molar-refractivity contribution in [3.63, 3.8) is 0 Å². The zero-order valence-electron chi connectivity index (χ0n) is 8.83. The van der Waals surface area contributed by atoms with Crippen molar-refractivity contribution in [3.05, 3.63) is 20.8 Å². The Morgan fingerprint density at radius 3 is 3.00 bits per heavy atom. The summed E-state index contributed by atoms with van der Waals surface area (Å²) in [5.74, 6) is -0.677. The number of hydrogen-bond donors (Lipinski definition) is 2. The normalized spacial score (nSPS) is 25.6. The number of nitrogens with one attached hydrogen (secondary N) is 1. The fraction of sp³-hybridized carbons (Fsp3) is 0.545. The molecule has 2 N–H and O–H groups in total. The highest BCUT2D eigenvalue weighted by molar-refractivity contribution is 9.10. The van der Waals surface area contributed by atoms with E-state index >= 15 is 0 Å². The molecular weight excluding hydrogens is 290 g/mol. The molecule has 0 saturated carbocycles. The van der Waals surface area contributed by atoms with Gasteiger partial charge in [-0.1, -0.05) is 0 Å². The fourth-order valence-corrected chi connectivity index (χ4v) is 3.75. The summed E-state index contributed by atoms with van der Waals surface area (Å²) in [5.41, 5.74) is -0.609. The van der Waals surface area contributed by atoms with Crippen LogP contribution in [0.3, 0.4) is 0 Å². The molecule has 0 aliphatic carbocycles. The van der Waals surface area contributed by atoms with Crippen LogP contribution < -0.4 is 5.32 Å². The molecule has 0 spiro atoms. The standard InChI is InChI=1S/C11H14BrNO2S/c12-8-4-9(16-6-8)5-11(10(14)15)2-1-3-13-7-11/h4,6,13H,1-3,5,7H2,(H,14,15). The smallest absolute Gasteiger partial charge is 0.311 e. The largest absolute Gasteiger partial charge is 0.481 e. The minimum absolute atomic E-state index is 0.581. The molecular formula is C11H14BrNO2S. The lowest BCUT2D eigenvalue weighted by Crippen LogP contribution is -2.46. The first-order chi connectivity index (χ1) is 7.62. The second-order valence-corrected chi connectivity index (χ2v) is 6.19. The molecule has 5 heteroatoms. The summed E-state index contributed by atoms with van der Waals surface area (Å²) in [7, 11) is 0. The van der Waals surface area contributed by atoms with E-state index in [1.165, 1.54) is 0 Å². The number of carboxylic acids is 1. The lowest BCUT2D eigenvalue weighted by Gasteiger charge is -2.33. The van der Waals surface area contributed by atoms with Gasteiger partial charge in [-0.15, -0.1) is 11.3 Å². The maximum Gasteiger partial charge on any atom is 0.311 e. The molecule has 1 aromatic heterocycles. The molecule has 16 heavy (non-hydrogen) atoms. The Kier molecular flexibility index (Phi) is 3.66. The Morgan fingerprint density at radius 2 is 2.50 bits per heavy atom. The van der Waals surface area contributed by atoms with Crippen molar-refractivity contribution >= 4 is 33.2 Å². The zero-order valence-corrected chi connectivity index (χ0v) is 11.2. The van der Waals surface area contributed by atoms with Gasteiger partial charge in [0, 0.05) is 21.3 Å². The highest BCUT2D eigenvalue weighted by Crippen LogP contribution is 2.33. The third-order valence-corrected chi connectivity index (χ3v) is 4.76. The van der Waals surface area contributed by atoms with E-state index in [1.807, 2.05) is 11.4 Å². The Labute approximate surface area is 107 Å². The molecule has 1 saturated heterocycles. The van der Waals surface area contributed by atoms with Gasteiger partial charge in [0.1, 0.15) is 0 Å². The third-order valence-electron chi connectivity index (χ3n) is 3.06. The van der Waals surface area contributed by atoms with Crippen LogP contribution in [0.2, 0.25) is 0 Å². The average molecular weight is 304 g/mol. The van der Waals surface area contributed by atoms with E-state index < -0.39 is 11.4 Å². The van der Waals surface area contributed by atoms with Crippen LogP contribution in [0, 0.1) is 5.41 Å². The van der Waals surface area contributed by atoms with Crippen LogP contribution in [0.5, 0.6) is 0 Å². The maximum absolute atomic E-state index is 11.4. The van der Waals surface area contributed by atoms with Gasteiger partial charge in [0.25, 0.3) is 0 Å². The van der Waals surface area contributed by atoms with Crippen molar-refractivity contribution in [2.45, 2.75) is 19.3 Å². The average Bonchev–Trinajstić information content (AvgIpc) is 2.65. The molecule has 1 atom stereocenters. The summed E-state index contributed by atoms with van der Waals surface area (Å²) in [6, 6.07) is 2.02. The Balaban J connectivity index is 2.16. The molecule has 0 aromatic carbocycles. The van der Waals surface area contributed by atoms with Crippen LogP contribution in [0.1, 0.15) is 17.7 Å². The van der Waals surface area contributed by atoms with Gasteiger partial charge in [0.2, 0.25) is 0 Å². The van der Waals surface area contributed by atoms with Crippen LogP contribution in [0.15, 0.2) is 15.9 Å². The number of carboxylic acid groups (broad SMARTS) is 1. The van der Waals surface area contributed by atoms with E-state index in [1.54, 1.807) is 11.3 Å². The SMILES string of the molecule is O=C(O)C1(Cc2cc(Br)cs2)CCCNC1. The summed E-state index contributed by atoms with van der Waals surface area (Å²) >= 11 is 5.02. The Morgan fingerprint density at radius 1 is 1.69 bits per heavy atom. The first-order valence-electron chi connectivity index (χ1n) is 5.29. The predicted molar refractivity (Wildman–Crippen MR) is 67.9 cm³/mol. The first kappa shape index (κ1) is 12.1. The molecule has 0 radical (unpaired) electrons. The van der Waals surface area contributed by atoms with E-state index in [-0.39, 0.29) is 0 Å². The quantitative estimate of drug-likeness (QED) is 0.902. The second-order valence-electron chi connectivity index (χ2n) is 4.27. The molecule has 0 amide bonds. The summed E-state index contributed by atoms with van der Waals surface area (Å²) in [6.45, 7) is 1.51. The summed E-state index contributed by atoms with van der Waals surface area (Å²) < 4.78 is 1.04. The van der Waals surface area contributed by atoms with Crippen LogP contribution in [0.4, 0.5) is 0 Å². The minimum Gasteiger partial charge on any atom is -0.481 e. The van der Waals surface area contributed by atoms with Crippen molar-refractivity contribution in [1.29, 1.82) is 0 Å². The summed E-state index contributed by atoms with van der Waals surface area (Å²) in [6.07, 6.45) is 2.34. The second kappa shape index (κ2) is 4.85. The summed E-state index contributed by atoms with van der Waals surface area (Å²) in [4.78, 5) is 12.6. The number of hydrogen-bond acceptors (Lipinski definition) is 3. The van der Waals surface area contributed by atoms with Crippen molar-refractivity contribution in [1.82, 2.24) is 5.32 Å². The van der Waals surface area contributed by atoms with Crippen molar-refractivity contribution < 1.29 is 9.90 Å². The van der Waals surface area contributed by atoms with Crippen LogP contribution in [0.25, 0.3) is 0 Å². The monoisotopic (exact) mass is 303 g/mol. The molecule has 3 nitrogen and oxygen atoms in total. The lowest BCUT2D eigenvalue weighted by atomic mass is 9.77. The summed E-state index contributed by atoms with van der Waals surface area (Å²) in [5, 5.41) is 14.6. The van der Waals surface area contributed by atoms with E-state index in [9.17, 15) is 9.90 Å². The molecule has 1 aliphatic rings. The maximum atomic E-state index is 11.4. The molecule has 1 aromatic rings.